The number of morpholine rings is 1. The summed E-state index contributed by atoms with van der Waals surface area (Å²) < 4.78 is 41.9. The van der Waals surface area contributed by atoms with Crippen LogP contribution in [0.3, 0.4) is 0 Å². The summed E-state index contributed by atoms with van der Waals surface area (Å²) in [4.78, 5) is 25.7. The zero-order chi connectivity index (χ0) is 19.0. The van der Waals surface area contributed by atoms with E-state index < -0.39 is 39.0 Å². The van der Waals surface area contributed by atoms with Gasteiger partial charge in [-0.15, -0.1) is 0 Å². The second-order valence-corrected chi connectivity index (χ2v) is 7.96. The number of nitrogens with one attached hydrogen (secondary N) is 2. The second-order valence-electron chi connectivity index (χ2n) is 5.89. The maximum atomic E-state index is 12.8. The number of carbonyl (C=O) groups is 2. The van der Waals surface area contributed by atoms with E-state index in [2.05, 4.69) is 15.5 Å². The van der Waals surface area contributed by atoms with Crippen molar-refractivity contribution >= 4 is 27.3 Å². The monoisotopic (exact) mass is 387 g/mol. The molecule has 2 rings (SSSR count). The maximum Gasteiger partial charge on any atom is 0.239 e. The lowest BCUT2D eigenvalue weighted by Gasteiger charge is -2.26. The summed E-state index contributed by atoms with van der Waals surface area (Å²) in [6.07, 6.45) is 0. The number of nitrogens with zero attached hydrogens (tertiary/aromatic N) is 1. The van der Waals surface area contributed by atoms with Crippen molar-refractivity contribution in [2.45, 2.75) is 0 Å². The van der Waals surface area contributed by atoms with E-state index in [-0.39, 0.29) is 5.69 Å². The second kappa shape index (κ2) is 9.60. The van der Waals surface area contributed by atoms with E-state index >= 15 is 0 Å². The number of hydrogen-bond donors (Lipinski definition) is 2. The molecule has 1 aromatic rings. The number of carbonyl (C=O) groups excluding carboxylic acids is 2. The first-order valence-electron chi connectivity index (χ1n) is 8.17. The van der Waals surface area contributed by atoms with Crippen LogP contribution in [0.4, 0.5) is 10.1 Å². The predicted octanol–water partition coefficient (Wildman–Crippen LogP) is -0.373. The molecule has 1 aliphatic rings. The molecule has 1 aliphatic heterocycles. The zero-order valence-corrected chi connectivity index (χ0v) is 15.1. The van der Waals surface area contributed by atoms with Gasteiger partial charge in [0.2, 0.25) is 11.8 Å². The van der Waals surface area contributed by atoms with E-state index in [1.807, 2.05) is 0 Å². The Morgan fingerprint density at radius 3 is 2.35 bits per heavy atom. The maximum absolute atomic E-state index is 12.8. The number of anilines is 1. The first kappa shape index (κ1) is 20.3. The van der Waals surface area contributed by atoms with Gasteiger partial charge in [-0.1, -0.05) is 0 Å². The fraction of sp³-hybridized carbons (Fsp3) is 0.500. The number of ether oxygens (including phenoxy) is 1. The molecule has 1 aromatic carbocycles. The van der Waals surface area contributed by atoms with Crippen molar-refractivity contribution < 1.29 is 27.1 Å². The molecule has 0 spiro atoms. The van der Waals surface area contributed by atoms with Crippen LogP contribution < -0.4 is 10.6 Å². The molecule has 0 bridgehead atoms. The van der Waals surface area contributed by atoms with Crippen molar-refractivity contribution in [3.63, 3.8) is 0 Å². The van der Waals surface area contributed by atoms with Crippen LogP contribution in [0.1, 0.15) is 0 Å². The molecular formula is C16H22FN3O5S. The van der Waals surface area contributed by atoms with Gasteiger partial charge in [0.05, 0.1) is 13.2 Å². The molecule has 2 amide bonds. The van der Waals surface area contributed by atoms with Crippen LogP contribution in [0.5, 0.6) is 0 Å². The Hall–Kier alpha value is -2.04. The quantitative estimate of drug-likeness (QED) is 0.631. The van der Waals surface area contributed by atoms with E-state index in [1.165, 1.54) is 12.1 Å². The summed E-state index contributed by atoms with van der Waals surface area (Å²) >= 11 is 0. The Balaban J connectivity index is 1.71. The summed E-state index contributed by atoms with van der Waals surface area (Å²) in [5.74, 6) is -3.47. The Bertz CT molecular complexity index is 718. The molecule has 0 atom stereocenters. The molecule has 1 fully saturated rings. The lowest BCUT2D eigenvalue weighted by atomic mass is 10.3. The highest BCUT2D eigenvalue weighted by Gasteiger charge is 2.21. The van der Waals surface area contributed by atoms with E-state index in [0.29, 0.717) is 26.3 Å². The average molecular weight is 387 g/mol. The number of sulfone groups is 1. The number of hydrogen-bond acceptors (Lipinski definition) is 6. The van der Waals surface area contributed by atoms with Gasteiger partial charge in [-0.3, -0.25) is 14.5 Å². The van der Waals surface area contributed by atoms with Crippen LogP contribution in [-0.4, -0.2) is 76.0 Å². The van der Waals surface area contributed by atoms with Crippen LogP contribution in [0.15, 0.2) is 24.3 Å². The smallest absolute Gasteiger partial charge is 0.239 e. The minimum Gasteiger partial charge on any atom is -0.379 e. The molecule has 1 saturated heterocycles. The molecule has 8 nitrogen and oxygen atoms in total. The highest BCUT2D eigenvalue weighted by atomic mass is 32.2. The van der Waals surface area contributed by atoms with Gasteiger partial charge in [0.25, 0.3) is 0 Å². The van der Waals surface area contributed by atoms with Crippen molar-refractivity contribution in [3.8, 4) is 0 Å². The van der Waals surface area contributed by atoms with Crippen molar-refractivity contribution in [2.24, 2.45) is 0 Å². The van der Waals surface area contributed by atoms with Gasteiger partial charge in [-0.25, -0.2) is 12.8 Å². The van der Waals surface area contributed by atoms with Gasteiger partial charge in [0, 0.05) is 31.9 Å². The molecule has 0 aliphatic carbocycles. The van der Waals surface area contributed by atoms with Crippen LogP contribution in [0.2, 0.25) is 0 Å². The third-order valence-corrected chi connectivity index (χ3v) is 5.09. The topological polar surface area (TPSA) is 105 Å². The minimum absolute atomic E-state index is 0.279. The molecule has 2 N–H and O–H groups in total. The van der Waals surface area contributed by atoms with E-state index in [9.17, 15) is 22.4 Å². The Labute approximate surface area is 151 Å². The highest BCUT2D eigenvalue weighted by Crippen LogP contribution is 2.08. The van der Waals surface area contributed by atoms with E-state index in [1.54, 1.807) is 0 Å². The van der Waals surface area contributed by atoms with Gasteiger partial charge >= 0.3 is 0 Å². The minimum atomic E-state index is -3.90. The normalized spacial score (nSPS) is 15.4. The fourth-order valence-corrected chi connectivity index (χ4v) is 3.49. The van der Waals surface area contributed by atoms with Crippen LogP contribution in [0, 0.1) is 5.82 Å². The number of benzene rings is 1. The van der Waals surface area contributed by atoms with E-state index in [4.69, 9.17) is 4.74 Å². The van der Waals surface area contributed by atoms with Crippen LogP contribution in [-0.2, 0) is 24.2 Å². The third-order valence-electron chi connectivity index (χ3n) is 3.68. The molecule has 0 unspecified atom stereocenters. The largest absolute Gasteiger partial charge is 0.379 e. The third kappa shape index (κ3) is 7.46. The van der Waals surface area contributed by atoms with Crippen molar-refractivity contribution in [1.82, 2.24) is 10.2 Å². The lowest BCUT2D eigenvalue weighted by Crippen LogP contribution is -2.42. The Kier molecular flexibility index (Phi) is 7.49. The highest BCUT2D eigenvalue weighted by molar-refractivity contribution is 7.92. The van der Waals surface area contributed by atoms with Crippen molar-refractivity contribution in [2.75, 3.05) is 56.2 Å². The molecular weight excluding hydrogens is 365 g/mol. The summed E-state index contributed by atoms with van der Waals surface area (Å²) in [6.45, 7) is 3.78. The van der Waals surface area contributed by atoms with Crippen molar-refractivity contribution in [3.05, 3.63) is 30.1 Å². The number of rotatable bonds is 8. The van der Waals surface area contributed by atoms with Gasteiger partial charge in [0.15, 0.2) is 9.84 Å². The number of halogens is 1. The number of amides is 2. The van der Waals surface area contributed by atoms with Crippen LogP contribution >= 0.6 is 0 Å². The van der Waals surface area contributed by atoms with Gasteiger partial charge in [-0.05, 0) is 24.3 Å². The molecule has 144 valence electrons. The standard InChI is InChI=1S/C16H22FN3O5S/c17-13-1-3-14(4-2-13)19-16(22)12-26(23,24)11-15(21)18-5-6-20-7-9-25-10-8-20/h1-4H,5-12H2,(H,18,21)(H,19,22). The molecule has 10 heteroatoms. The molecule has 0 aromatic heterocycles. The zero-order valence-electron chi connectivity index (χ0n) is 14.2. The predicted molar refractivity (Wildman–Crippen MR) is 94.0 cm³/mol. The molecule has 0 saturated carbocycles. The van der Waals surface area contributed by atoms with E-state index in [0.717, 1.165) is 25.2 Å². The lowest BCUT2D eigenvalue weighted by molar-refractivity contribution is -0.118. The van der Waals surface area contributed by atoms with Gasteiger partial charge < -0.3 is 15.4 Å². The molecule has 1 heterocycles. The molecule has 26 heavy (non-hydrogen) atoms. The average Bonchev–Trinajstić information content (AvgIpc) is 2.57. The molecule has 0 radical (unpaired) electrons. The van der Waals surface area contributed by atoms with Crippen molar-refractivity contribution in [1.29, 1.82) is 0 Å². The summed E-state index contributed by atoms with van der Waals surface area (Å²) in [7, 11) is -3.90. The van der Waals surface area contributed by atoms with Gasteiger partial charge in [0.1, 0.15) is 17.3 Å². The summed E-state index contributed by atoms with van der Waals surface area (Å²) in [5, 5.41) is 4.89. The SMILES string of the molecule is O=C(CS(=O)(=O)CC(=O)Nc1ccc(F)cc1)NCCN1CCOCC1. The fourth-order valence-electron chi connectivity index (χ4n) is 2.41. The first-order chi connectivity index (χ1) is 12.3. The summed E-state index contributed by atoms with van der Waals surface area (Å²) in [5.41, 5.74) is 0.279. The first-order valence-corrected chi connectivity index (χ1v) is 9.99. The van der Waals surface area contributed by atoms with Gasteiger partial charge in [-0.2, -0.15) is 0 Å². The Morgan fingerprint density at radius 1 is 1.08 bits per heavy atom. The Morgan fingerprint density at radius 2 is 1.69 bits per heavy atom. The summed E-state index contributed by atoms with van der Waals surface area (Å²) in [6, 6.07) is 4.93. The van der Waals surface area contributed by atoms with Crippen LogP contribution in [0.25, 0.3) is 0 Å².